The number of fused-ring (bicyclic) bond motifs is 6. The highest BCUT2D eigenvalue weighted by atomic mass is 28.4. The zero-order valence-corrected chi connectivity index (χ0v) is 25.1. The lowest BCUT2D eigenvalue weighted by Gasteiger charge is -2.57. The van der Waals surface area contributed by atoms with E-state index in [1.807, 2.05) is 12.1 Å². The number of ether oxygens (including phenoxy) is 3. The molecular weight excluding hydrogens is 500 g/mol. The highest BCUT2D eigenvalue weighted by Crippen LogP contribution is 2.53. The maximum absolute atomic E-state index is 13.4. The number of carbonyl (C=O) groups excluding carboxylic acids is 1. The van der Waals surface area contributed by atoms with Gasteiger partial charge in [0.15, 0.2) is 13.9 Å². The van der Waals surface area contributed by atoms with E-state index in [1.165, 1.54) is 23.8 Å². The van der Waals surface area contributed by atoms with Crippen molar-refractivity contribution in [1.29, 1.82) is 0 Å². The minimum Gasteiger partial charge on any atom is -0.497 e. The first-order valence-corrected chi connectivity index (χ1v) is 16.7. The number of methoxy groups -OCH3 is 3. The molecule has 210 valence electrons. The minimum absolute atomic E-state index is 0.00917. The molecule has 6 atom stereocenters. The molecule has 2 N–H and O–H groups in total. The van der Waals surface area contributed by atoms with Crippen LogP contribution in [-0.2, 0) is 25.1 Å². The third kappa shape index (κ3) is 4.22. The van der Waals surface area contributed by atoms with E-state index in [9.17, 15) is 9.90 Å². The number of H-pyrrole nitrogens is 1. The highest BCUT2D eigenvalue weighted by molar-refractivity contribution is 6.74. The molecule has 1 saturated heterocycles. The van der Waals surface area contributed by atoms with E-state index in [0.29, 0.717) is 6.42 Å². The van der Waals surface area contributed by atoms with Crippen molar-refractivity contribution < 1.29 is 28.5 Å². The average Bonchev–Trinajstić information content (AvgIpc) is 3.24. The highest BCUT2D eigenvalue weighted by Gasteiger charge is 2.63. The zero-order chi connectivity index (χ0) is 27.6. The minimum atomic E-state index is -2.20. The number of aliphatic hydroxyl groups is 1. The summed E-state index contributed by atoms with van der Waals surface area (Å²) in [5.74, 6) is -0.0386. The molecule has 2 aliphatic heterocycles. The number of benzene rings is 1. The van der Waals surface area contributed by atoms with Gasteiger partial charge in [-0.1, -0.05) is 20.8 Å². The predicted molar refractivity (Wildman–Crippen MR) is 149 cm³/mol. The summed E-state index contributed by atoms with van der Waals surface area (Å²) in [4.78, 5) is 19.6. The zero-order valence-electron chi connectivity index (χ0n) is 24.1. The molecule has 1 aromatic heterocycles. The van der Waals surface area contributed by atoms with E-state index in [2.05, 4.69) is 49.8 Å². The van der Waals surface area contributed by atoms with E-state index in [-0.39, 0.29) is 29.0 Å². The van der Waals surface area contributed by atoms with Crippen molar-refractivity contribution in [2.75, 3.05) is 34.4 Å². The number of hydrogen-bond acceptors (Lipinski definition) is 7. The smallest absolute Gasteiger partial charge is 0.341 e. The van der Waals surface area contributed by atoms with Gasteiger partial charge in [0.1, 0.15) is 11.9 Å². The third-order valence-corrected chi connectivity index (χ3v) is 14.5. The number of rotatable bonds is 5. The summed E-state index contributed by atoms with van der Waals surface area (Å²) in [6, 6.07) is 6.24. The van der Waals surface area contributed by atoms with Crippen LogP contribution in [0.25, 0.3) is 10.9 Å². The molecule has 3 heterocycles. The Balaban J connectivity index is 1.53. The SMILES string of the molecule is COC(=O)[C@]1(O)[C@H]2C[C@@H]3c4[nH]c5cc(OC)ccc5c4CCN3C[C@H]2C[C@@H](O[Si](C)(C)C(C)(C)C)[C@@H]1OC. The summed E-state index contributed by atoms with van der Waals surface area (Å²) in [6.45, 7) is 12.7. The average molecular weight is 545 g/mol. The molecule has 1 saturated carbocycles. The van der Waals surface area contributed by atoms with Gasteiger partial charge in [-0.3, -0.25) is 4.90 Å². The second kappa shape index (κ2) is 9.62. The molecule has 0 amide bonds. The van der Waals surface area contributed by atoms with Gasteiger partial charge in [-0.05, 0) is 61.0 Å². The Morgan fingerprint density at radius 3 is 2.55 bits per heavy atom. The number of aromatic nitrogens is 1. The van der Waals surface area contributed by atoms with Crippen LogP contribution >= 0.6 is 0 Å². The van der Waals surface area contributed by atoms with Crippen molar-refractivity contribution in [1.82, 2.24) is 9.88 Å². The van der Waals surface area contributed by atoms with Crippen molar-refractivity contribution in [3.05, 3.63) is 29.5 Å². The van der Waals surface area contributed by atoms with Gasteiger partial charge in [-0.25, -0.2) is 4.79 Å². The molecule has 0 bridgehead atoms. The first kappa shape index (κ1) is 27.6. The number of nitrogens with one attached hydrogen (secondary N) is 1. The number of carbonyl (C=O) groups is 1. The van der Waals surface area contributed by atoms with Crippen molar-refractivity contribution in [3.63, 3.8) is 0 Å². The Labute approximate surface area is 227 Å². The van der Waals surface area contributed by atoms with Gasteiger partial charge in [0.05, 0.1) is 26.4 Å². The van der Waals surface area contributed by atoms with Crippen LogP contribution in [0.15, 0.2) is 18.2 Å². The summed E-state index contributed by atoms with van der Waals surface area (Å²) in [6.07, 6.45) is 1.16. The van der Waals surface area contributed by atoms with Crippen molar-refractivity contribution in [3.8, 4) is 5.75 Å². The Kier molecular flexibility index (Phi) is 7.00. The summed E-state index contributed by atoms with van der Waals surface area (Å²) >= 11 is 0. The number of nitrogens with zero attached hydrogens (tertiary/aromatic N) is 1. The van der Waals surface area contributed by atoms with E-state index < -0.39 is 26.0 Å². The normalized spacial score (nSPS) is 31.9. The van der Waals surface area contributed by atoms with Gasteiger partial charge in [-0.15, -0.1) is 0 Å². The van der Waals surface area contributed by atoms with E-state index in [0.717, 1.165) is 37.2 Å². The van der Waals surface area contributed by atoms with E-state index in [4.69, 9.17) is 18.6 Å². The molecule has 8 nitrogen and oxygen atoms in total. The van der Waals surface area contributed by atoms with E-state index >= 15 is 0 Å². The molecule has 1 aliphatic carbocycles. The Hall–Kier alpha value is -1.91. The van der Waals surface area contributed by atoms with Crippen LogP contribution in [0.1, 0.15) is 50.9 Å². The molecular formula is C29H44N2O6Si. The quantitative estimate of drug-likeness (QED) is 0.425. The maximum Gasteiger partial charge on any atom is 0.341 e. The fourth-order valence-electron chi connectivity index (χ4n) is 7.00. The largest absolute Gasteiger partial charge is 0.497 e. The number of esters is 1. The summed E-state index contributed by atoms with van der Waals surface area (Å²) in [7, 11) is 2.40. The Bertz CT molecular complexity index is 1210. The van der Waals surface area contributed by atoms with Crippen LogP contribution < -0.4 is 4.74 Å². The lowest BCUT2D eigenvalue weighted by Crippen LogP contribution is -2.70. The Morgan fingerprint density at radius 2 is 1.92 bits per heavy atom. The first-order valence-electron chi connectivity index (χ1n) is 13.8. The van der Waals surface area contributed by atoms with Crippen LogP contribution in [0.3, 0.4) is 0 Å². The van der Waals surface area contributed by atoms with Crippen LogP contribution in [-0.4, -0.2) is 81.5 Å². The van der Waals surface area contributed by atoms with Crippen molar-refractivity contribution >= 4 is 25.2 Å². The molecule has 38 heavy (non-hydrogen) atoms. The molecule has 1 aromatic carbocycles. The van der Waals surface area contributed by atoms with E-state index in [1.54, 1.807) is 14.2 Å². The molecule has 0 unspecified atom stereocenters. The predicted octanol–water partition coefficient (Wildman–Crippen LogP) is 4.43. The lowest BCUT2D eigenvalue weighted by atomic mass is 9.61. The molecule has 0 spiro atoms. The third-order valence-electron chi connectivity index (χ3n) is 9.97. The first-order chi connectivity index (χ1) is 17.9. The van der Waals surface area contributed by atoms with Crippen molar-refractivity contribution in [2.24, 2.45) is 11.8 Å². The standard InChI is InChI=1S/C29H44N2O6Si/c1-28(2,3)38(7,8)37-24-13-17-16-31-12-11-20-19-10-9-18(34-4)14-22(19)30-25(20)23(31)15-21(17)29(33,26(24)35-5)27(32)36-6/h9-10,14,17,21,23-24,26,30,33H,11-13,15-16H2,1-8H3/t17-,21+,23-,24-,26+,29+/m1/s1. The monoisotopic (exact) mass is 544 g/mol. The van der Waals surface area contributed by atoms with Gasteiger partial charge in [0.2, 0.25) is 0 Å². The van der Waals surface area contributed by atoms with Crippen molar-refractivity contribution in [2.45, 2.75) is 82.0 Å². The molecule has 0 radical (unpaired) electrons. The van der Waals surface area contributed by atoms with Gasteiger partial charge >= 0.3 is 5.97 Å². The second-order valence-corrected chi connectivity index (χ2v) is 17.7. The fourth-order valence-corrected chi connectivity index (χ4v) is 8.33. The van der Waals surface area contributed by atoms with Gasteiger partial charge < -0.3 is 28.7 Å². The summed E-state index contributed by atoms with van der Waals surface area (Å²) in [5.41, 5.74) is 1.77. The molecule has 2 fully saturated rings. The van der Waals surface area contributed by atoms with Gasteiger partial charge in [0, 0.05) is 48.8 Å². The van der Waals surface area contributed by atoms with Crippen LogP contribution in [0.4, 0.5) is 0 Å². The fraction of sp³-hybridized carbons (Fsp3) is 0.690. The summed E-state index contributed by atoms with van der Waals surface area (Å²) in [5, 5.41) is 13.5. The number of aromatic amines is 1. The summed E-state index contributed by atoms with van der Waals surface area (Å²) < 4.78 is 23.5. The molecule has 2 aromatic rings. The topological polar surface area (TPSA) is 93.2 Å². The molecule has 5 rings (SSSR count). The number of hydrogen-bond donors (Lipinski definition) is 2. The lowest BCUT2D eigenvalue weighted by molar-refractivity contribution is -0.232. The van der Waals surface area contributed by atoms with Gasteiger partial charge in [-0.2, -0.15) is 0 Å². The van der Waals surface area contributed by atoms with Gasteiger partial charge in [0.25, 0.3) is 0 Å². The second-order valence-electron chi connectivity index (χ2n) is 12.9. The number of piperidine rings is 1. The Morgan fingerprint density at radius 1 is 1.18 bits per heavy atom. The molecule has 9 heteroatoms. The molecule has 3 aliphatic rings. The van der Waals surface area contributed by atoms with Crippen LogP contribution in [0.2, 0.25) is 18.1 Å². The van der Waals surface area contributed by atoms with Crippen LogP contribution in [0, 0.1) is 11.8 Å². The maximum atomic E-state index is 13.4. The van der Waals surface area contributed by atoms with Crippen LogP contribution in [0.5, 0.6) is 5.75 Å².